The number of aliphatic hydroxyl groups is 1. The summed E-state index contributed by atoms with van der Waals surface area (Å²) in [6.07, 6.45) is 8.43. The third-order valence-corrected chi connectivity index (χ3v) is 3.84. The minimum Gasteiger partial charge on any atom is -0.389 e. The van der Waals surface area contributed by atoms with Crippen LogP contribution in [0, 0.1) is 11.8 Å². The molecule has 1 N–H and O–H groups in total. The van der Waals surface area contributed by atoms with Gasteiger partial charge in [-0.05, 0) is 43.1 Å². The third-order valence-electron chi connectivity index (χ3n) is 3.84. The Kier molecular flexibility index (Phi) is 4.38. The van der Waals surface area contributed by atoms with Crippen LogP contribution in [0.25, 0.3) is 0 Å². The summed E-state index contributed by atoms with van der Waals surface area (Å²) in [7, 11) is 0. The average Bonchev–Trinajstić information content (AvgIpc) is 2.38. The van der Waals surface area contributed by atoms with Crippen LogP contribution in [-0.4, -0.2) is 11.2 Å². The van der Waals surface area contributed by atoms with E-state index in [1.165, 1.54) is 12.0 Å². The first kappa shape index (κ1) is 12.4. The van der Waals surface area contributed by atoms with Gasteiger partial charge in [-0.25, -0.2) is 0 Å². The van der Waals surface area contributed by atoms with E-state index in [0.717, 1.165) is 19.3 Å². The van der Waals surface area contributed by atoms with Gasteiger partial charge in [0.25, 0.3) is 0 Å². The molecule has 0 heterocycles. The Bertz CT molecular complexity index is 355. The molecule has 0 aromatic heterocycles. The summed E-state index contributed by atoms with van der Waals surface area (Å²) in [6.45, 7) is 2.33. The van der Waals surface area contributed by atoms with Crippen LogP contribution >= 0.6 is 0 Å². The highest BCUT2D eigenvalue weighted by Gasteiger charge is 2.19. The van der Waals surface area contributed by atoms with Gasteiger partial charge < -0.3 is 5.11 Å². The lowest BCUT2D eigenvalue weighted by atomic mass is 9.82. The second-order valence-electron chi connectivity index (χ2n) is 5.20. The summed E-state index contributed by atoms with van der Waals surface area (Å²) in [5, 5.41) is 9.43. The fourth-order valence-electron chi connectivity index (χ4n) is 2.55. The SMILES string of the molecule is CC(CCc1ccccc1)[C@@H]1C=C[C@@H](O)CC1. The van der Waals surface area contributed by atoms with Crippen LogP contribution in [0.5, 0.6) is 0 Å². The topological polar surface area (TPSA) is 20.2 Å². The molecule has 0 amide bonds. The van der Waals surface area contributed by atoms with Crippen molar-refractivity contribution in [2.75, 3.05) is 0 Å². The summed E-state index contributed by atoms with van der Waals surface area (Å²) >= 11 is 0. The first-order chi connectivity index (χ1) is 8.25. The number of hydrogen-bond donors (Lipinski definition) is 1. The molecule has 0 fully saturated rings. The van der Waals surface area contributed by atoms with Crippen LogP contribution in [-0.2, 0) is 6.42 Å². The van der Waals surface area contributed by atoms with E-state index < -0.39 is 0 Å². The van der Waals surface area contributed by atoms with Gasteiger partial charge in [-0.1, -0.05) is 49.4 Å². The molecule has 1 aromatic carbocycles. The highest BCUT2D eigenvalue weighted by molar-refractivity contribution is 5.14. The summed E-state index contributed by atoms with van der Waals surface area (Å²) in [6, 6.07) is 10.7. The van der Waals surface area contributed by atoms with E-state index >= 15 is 0 Å². The van der Waals surface area contributed by atoms with Crippen LogP contribution in [0.3, 0.4) is 0 Å². The number of allylic oxidation sites excluding steroid dienone is 1. The molecule has 1 heteroatoms. The molecular weight excluding hydrogens is 208 g/mol. The number of rotatable bonds is 4. The van der Waals surface area contributed by atoms with Crippen LogP contribution in [0.4, 0.5) is 0 Å². The molecule has 17 heavy (non-hydrogen) atoms. The summed E-state index contributed by atoms with van der Waals surface area (Å²) in [5.41, 5.74) is 1.43. The Balaban J connectivity index is 1.81. The maximum atomic E-state index is 9.43. The smallest absolute Gasteiger partial charge is 0.0721 e. The highest BCUT2D eigenvalue weighted by Crippen LogP contribution is 2.27. The highest BCUT2D eigenvalue weighted by atomic mass is 16.3. The molecule has 92 valence electrons. The second-order valence-corrected chi connectivity index (χ2v) is 5.20. The summed E-state index contributed by atoms with van der Waals surface area (Å²) < 4.78 is 0. The molecule has 1 aliphatic carbocycles. The van der Waals surface area contributed by atoms with Gasteiger partial charge in [0.2, 0.25) is 0 Å². The molecule has 0 saturated carbocycles. The maximum Gasteiger partial charge on any atom is 0.0721 e. The molecule has 1 nitrogen and oxygen atoms in total. The minimum absolute atomic E-state index is 0.201. The first-order valence-corrected chi connectivity index (χ1v) is 6.66. The Morgan fingerprint density at radius 1 is 1.18 bits per heavy atom. The molecule has 2 rings (SSSR count). The van der Waals surface area contributed by atoms with E-state index in [4.69, 9.17) is 0 Å². The van der Waals surface area contributed by atoms with Gasteiger partial charge in [0.15, 0.2) is 0 Å². The second kappa shape index (κ2) is 6.02. The number of aliphatic hydroxyl groups excluding tert-OH is 1. The Labute approximate surface area is 104 Å². The number of benzene rings is 1. The van der Waals surface area contributed by atoms with Crippen molar-refractivity contribution < 1.29 is 5.11 Å². The summed E-state index contributed by atoms with van der Waals surface area (Å²) in [4.78, 5) is 0. The third kappa shape index (κ3) is 3.71. The van der Waals surface area contributed by atoms with Gasteiger partial charge in [-0.3, -0.25) is 0 Å². The van der Waals surface area contributed by atoms with Crippen LogP contribution in [0.2, 0.25) is 0 Å². The zero-order valence-electron chi connectivity index (χ0n) is 10.5. The van der Waals surface area contributed by atoms with E-state index in [2.05, 4.69) is 43.3 Å². The van der Waals surface area contributed by atoms with E-state index in [9.17, 15) is 5.11 Å². The van der Waals surface area contributed by atoms with Crippen molar-refractivity contribution in [2.24, 2.45) is 11.8 Å². The number of hydrogen-bond acceptors (Lipinski definition) is 1. The molecular formula is C16H22O. The predicted octanol–water partition coefficient (Wildman–Crippen LogP) is 3.58. The zero-order valence-corrected chi connectivity index (χ0v) is 10.5. The van der Waals surface area contributed by atoms with Gasteiger partial charge >= 0.3 is 0 Å². The van der Waals surface area contributed by atoms with Crippen LogP contribution in [0.15, 0.2) is 42.5 Å². The van der Waals surface area contributed by atoms with Crippen molar-refractivity contribution in [3.63, 3.8) is 0 Å². The van der Waals surface area contributed by atoms with E-state index in [1.54, 1.807) is 0 Å². The van der Waals surface area contributed by atoms with Crippen molar-refractivity contribution in [1.29, 1.82) is 0 Å². The lowest BCUT2D eigenvalue weighted by Crippen LogP contribution is -2.18. The fraction of sp³-hybridized carbons (Fsp3) is 0.500. The molecule has 0 saturated heterocycles. The fourth-order valence-corrected chi connectivity index (χ4v) is 2.55. The molecule has 1 unspecified atom stereocenters. The largest absolute Gasteiger partial charge is 0.389 e. The normalized spacial score (nSPS) is 25.8. The zero-order chi connectivity index (χ0) is 12.1. The minimum atomic E-state index is -0.201. The molecule has 0 radical (unpaired) electrons. The van der Waals surface area contributed by atoms with Gasteiger partial charge in [0.1, 0.15) is 0 Å². The van der Waals surface area contributed by atoms with E-state index in [-0.39, 0.29) is 6.10 Å². The van der Waals surface area contributed by atoms with E-state index in [1.807, 2.05) is 6.08 Å². The molecule has 0 aliphatic heterocycles. The maximum absolute atomic E-state index is 9.43. The van der Waals surface area contributed by atoms with Crippen molar-refractivity contribution in [1.82, 2.24) is 0 Å². The Morgan fingerprint density at radius 2 is 1.94 bits per heavy atom. The van der Waals surface area contributed by atoms with Crippen molar-refractivity contribution in [2.45, 2.75) is 38.7 Å². The van der Waals surface area contributed by atoms with Crippen molar-refractivity contribution in [3.05, 3.63) is 48.0 Å². The number of aryl methyl sites for hydroxylation is 1. The molecule has 1 aromatic rings. The Morgan fingerprint density at radius 3 is 2.59 bits per heavy atom. The van der Waals surface area contributed by atoms with Crippen LogP contribution in [0.1, 0.15) is 31.7 Å². The Hall–Kier alpha value is -1.08. The van der Waals surface area contributed by atoms with E-state index in [0.29, 0.717) is 11.8 Å². The molecule has 3 atom stereocenters. The monoisotopic (exact) mass is 230 g/mol. The van der Waals surface area contributed by atoms with Crippen LogP contribution < -0.4 is 0 Å². The predicted molar refractivity (Wildman–Crippen MR) is 71.8 cm³/mol. The lowest BCUT2D eigenvalue weighted by molar-refractivity contribution is 0.184. The lowest BCUT2D eigenvalue weighted by Gasteiger charge is -2.25. The quantitative estimate of drug-likeness (QED) is 0.784. The molecule has 1 aliphatic rings. The molecule has 0 bridgehead atoms. The molecule has 0 spiro atoms. The van der Waals surface area contributed by atoms with Gasteiger partial charge in [0.05, 0.1) is 6.10 Å². The van der Waals surface area contributed by atoms with Gasteiger partial charge in [0, 0.05) is 0 Å². The van der Waals surface area contributed by atoms with Crippen molar-refractivity contribution >= 4 is 0 Å². The summed E-state index contributed by atoms with van der Waals surface area (Å²) in [5.74, 6) is 1.36. The van der Waals surface area contributed by atoms with Gasteiger partial charge in [-0.2, -0.15) is 0 Å². The first-order valence-electron chi connectivity index (χ1n) is 6.66. The standard InChI is InChI=1S/C16H22O/c1-13(15-9-11-16(17)12-10-15)7-8-14-5-3-2-4-6-14/h2-6,9,11,13,15-17H,7-8,10,12H2,1H3/t13?,15-,16-/m1/s1. The average molecular weight is 230 g/mol. The van der Waals surface area contributed by atoms with Crippen molar-refractivity contribution in [3.8, 4) is 0 Å². The van der Waals surface area contributed by atoms with Gasteiger partial charge in [-0.15, -0.1) is 0 Å².